The van der Waals surface area contributed by atoms with Crippen molar-refractivity contribution < 1.29 is 9.13 Å². The van der Waals surface area contributed by atoms with Crippen molar-refractivity contribution in [2.24, 2.45) is 0 Å². The Morgan fingerprint density at radius 3 is 2.77 bits per heavy atom. The van der Waals surface area contributed by atoms with Crippen molar-refractivity contribution in [3.05, 3.63) is 23.0 Å². The summed E-state index contributed by atoms with van der Waals surface area (Å²) in [6, 6.07) is 3.17. The van der Waals surface area contributed by atoms with Crippen molar-refractivity contribution in [3.8, 4) is 5.75 Å². The van der Waals surface area contributed by atoms with Crippen LogP contribution in [0.25, 0.3) is 0 Å². The number of hydrogen-bond acceptors (Lipinski definition) is 2. The van der Waals surface area contributed by atoms with Crippen molar-refractivity contribution in [1.29, 1.82) is 0 Å². The highest BCUT2D eigenvalue weighted by Gasteiger charge is 2.12. The topological polar surface area (TPSA) is 9.23 Å². The minimum absolute atomic E-state index is 0.236. The third-order valence-electron chi connectivity index (χ3n) is 1.52. The van der Waals surface area contributed by atoms with Crippen LogP contribution in [0.5, 0.6) is 5.75 Å². The van der Waals surface area contributed by atoms with Gasteiger partial charge in [-0.15, -0.1) is 11.8 Å². The van der Waals surface area contributed by atoms with Gasteiger partial charge in [-0.05, 0) is 17.9 Å². The molecule has 0 aromatic heterocycles. The van der Waals surface area contributed by atoms with Crippen molar-refractivity contribution >= 4 is 23.4 Å². The molecule has 4 heteroatoms. The highest BCUT2D eigenvalue weighted by Crippen LogP contribution is 2.34. The minimum Gasteiger partial charge on any atom is -0.494 e. The summed E-state index contributed by atoms with van der Waals surface area (Å²) in [5.74, 6) is 0.645. The molecule has 0 unspecified atom stereocenters. The van der Waals surface area contributed by atoms with Gasteiger partial charge in [0.1, 0.15) is 0 Å². The zero-order chi connectivity index (χ0) is 9.84. The van der Waals surface area contributed by atoms with Crippen LogP contribution >= 0.6 is 23.4 Å². The van der Waals surface area contributed by atoms with Crippen LogP contribution in [-0.2, 0) is 0 Å². The first-order valence-electron chi connectivity index (χ1n) is 3.85. The van der Waals surface area contributed by atoms with Crippen LogP contribution in [0.3, 0.4) is 0 Å². The number of hydrogen-bond donors (Lipinski definition) is 0. The Labute approximate surface area is 86.2 Å². The molecule has 1 aromatic rings. The number of benzene rings is 1. The van der Waals surface area contributed by atoms with Gasteiger partial charge in [-0.3, -0.25) is 0 Å². The zero-order valence-corrected chi connectivity index (χ0v) is 9.01. The van der Waals surface area contributed by atoms with E-state index in [4.69, 9.17) is 16.3 Å². The average molecular weight is 221 g/mol. The lowest BCUT2D eigenvalue weighted by Gasteiger charge is -2.07. The van der Waals surface area contributed by atoms with E-state index < -0.39 is 0 Å². The normalized spacial score (nSPS) is 10.2. The summed E-state index contributed by atoms with van der Waals surface area (Å²) in [5, 5.41) is 0.435. The van der Waals surface area contributed by atoms with Gasteiger partial charge in [0, 0.05) is 0 Å². The molecule has 0 aliphatic rings. The fraction of sp³-hybridized carbons (Fsp3) is 0.333. The monoisotopic (exact) mass is 220 g/mol. The molecule has 0 aliphatic heterocycles. The molecule has 1 nitrogen and oxygen atoms in total. The van der Waals surface area contributed by atoms with Crippen molar-refractivity contribution in [1.82, 2.24) is 0 Å². The molecule has 0 N–H and O–H groups in total. The van der Waals surface area contributed by atoms with Crippen LogP contribution in [0.2, 0.25) is 5.02 Å². The molecule has 0 saturated heterocycles. The molecule has 0 aliphatic carbocycles. The van der Waals surface area contributed by atoms with Gasteiger partial charge in [-0.1, -0.05) is 18.5 Å². The van der Waals surface area contributed by atoms with Gasteiger partial charge >= 0.3 is 0 Å². The van der Waals surface area contributed by atoms with Crippen LogP contribution in [0.15, 0.2) is 17.0 Å². The number of methoxy groups -OCH3 is 1. The number of thioether (sulfide) groups is 1. The Balaban J connectivity index is 3.13. The van der Waals surface area contributed by atoms with E-state index in [1.165, 1.54) is 24.9 Å². The standard InChI is InChI=1S/C9H10ClFOS/c1-3-13-9-6(10)4-5-7(12-2)8(9)11/h4-5H,3H2,1-2H3. The molecule has 0 bridgehead atoms. The first kappa shape index (κ1) is 10.7. The molecular formula is C9H10ClFOS. The van der Waals surface area contributed by atoms with E-state index in [1.54, 1.807) is 6.07 Å². The van der Waals surface area contributed by atoms with Crippen LogP contribution < -0.4 is 4.74 Å². The van der Waals surface area contributed by atoms with Crippen molar-refractivity contribution in [3.63, 3.8) is 0 Å². The summed E-state index contributed by atoms with van der Waals surface area (Å²) < 4.78 is 18.3. The first-order valence-corrected chi connectivity index (χ1v) is 5.21. The second-order valence-electron chi connectivity index (χ2n) is 2.33. The van der Waals surface area contributed by atoms with Crippen LogP contribution in [0, 0.1) is 5.82 Å². The lowest BCUT2D eigenvalue weighted by molar-refractivity contribution is 0.381. The van der Waals surface area contributed by atoms with Gasteiger partial charge in [-0.25, -0.2) is 4.39 Å². The summed E-state index contributed by atoms with van der Waals surface area (Å²) in [6.45, 7) is 1.94. The minimum atomic E-state index is -0.373. The molecule has 72 valence electrons. The zero-order valence-electron chi connectivity index (χ0n) is 7.43. The summed E-state index contributed by atoms with van der Waals surface area (Å²) in [6.07, 6.45) is 0. The van der Waals surface area contributed by atoms with Gasteiger partial charge in [0.05, 0.1) is 17.0 Å². The predicted molar refractivity (Wildman–Crippen MR) is 54.4 cm³/mol. The van der Waals surface area contributed by atoms with Gasteiger partial charge in [-0.2, -0.15) is 0 Å². The van der Waals surface area contributed by atoms with E-state index in [9.17, 15) is 4.39 Å². The maximum atomic E-state index is 13.5. The Bertz CT molecular complexity index is 304. The second-order valence-corrected chi connectivity index (χ2v) is 4.01. The molecular weight excluding hydrogens is 211 g/mol. The first-order chi connectivity index (χ1) is 6.20. The lowest BCUT2D eigenvalue weighted by Crippen LogP contribution is -1.91. The Morgan fingerprint density at radius 2 is 2.23 bits per heavy atom. The largest absolute Gasteiger partial charge is 0.494 e. The SMILES string of the molecule is CCSc1c(Cl)ccc(OC)c1F. The van der Waals surface area contributed by atoms with Gasteiger partial charge in [0.15, 0.2) is 11.6 Å². The Hall–Kier alpha value is -0.410. The third-order valence-corrected chi connectivity index (χ3v) is 2.93. The van der Waals surface area contributed by atoms with Crippen molar-refractivity contribution in [2.45, 2.75) is 11.8 Å². The molecule has 0 amide bonds. The predicted octanol–water partition coefficient (Wildman–Crippen LogP) is 3.60. The Morgan fingerprint density at radius 1 is 1.54 bits per heavy atom. The number of halogens is 2. The average Bonchev–Trinajstić information content (AvgIpc) is 2.12. The third kappa shape index (κ3) is 2.29. The second kappa shape index (κ2) is 4.72. The van der Waals surface area contributed by atoms with Gasteiger partial charge in [0.2, 0.25) is 0 Å². The molecule has 0 saturated carbocycles. The highest BCUT2D eigenvalue weighted by atomic mass is 35.5. The molecule has 0 atom stereocenters. The molecule has 0 heterocycles. The van der Waals surface area contributed by atoms with E-state index >= 15 is 0 Å². The molecule has 0 radical (unpaired) electrons. The smallest absolute Gasteiger partial charge is 0.180 e. The lowest BCUT2D eigenvalue weighted by atomic mass is 10.3. The van der Waals surface area contributed by atoms with Gasteiger partial charge < -0.3 is 4.74 Å². The van der Waals surface area contributed by atoms with E-state index in [1.807, 2.05) is 6.92 Å². The summed E-state index contributed by atoms with van der Waals surface area (Å²) in [5.41, 5.74) is 0. The quantitative estimate of drug-likeness (QED) is 0.720. The van der Waals surface area contributed by atoms with Gasteiger partial charge in [0.25, 0.3) is 0 Å². The van der Waals surface area contributed by atoms with E-state index in [2.05, 4.69) is 0 Å². The Kier molecular flexibility index (Phi) is 3.88. The molecule has 1 aromatic carbocycles. The van der Waals surface area contributed by atoms with Crippen LogP contribution in [0.4, 0.5) is 4.39 Å². The van der Waals surface area contributed by atoms with E-state index in [-0.39, 0.29) is 11.6 Å². The molecule has 13 heavy (non-hydrogen) atoms. The molecule has 1 rings (SSSR count). The van der Waals surface area contributed by atoms with E-state index in [0.717, 1.165) is 5.75 Å². The maximum absolute atomic E-state index is 13.5. The van der Waals surface area contributed by atoms with E-state index in [0.29, 0.717) is 9.92 Å². The van der Waals surface area contributed by atoms with Crippen LogP contribution in [-0.4, -0.2) is 12.9 Å². The number of ether oxygens (including phenoxy) is 1. The maximum Gasteiger partial charge on any atom is 0.180 e. The fourth-order valence-electron chi connectivity index (χ4n) is 0.949. The summed E-state index contributed by atoms with van der Waals surface area (Å²) in [4.78, 5) is 0.462. The summed E-state index contributed by atoms with van der Waals surface area (Å²) >= 11 is 7.19. The molecule has 0 fully saturated rings. The van der Waals surface area contributed by atoms with Crippen LogP contribution in [0.1, 0.15) is 6.92 Å². The van der Waals surface area contributed by atoms with Crippen molar-refractivity contribution in [2.75, 3.05) is 12.9 Å². The molecule has 0 spiro atoms. The fourth-order valence-corrected chi connectivity index (χ4v) is 1.98. The number of rotatable bonds is 3. The highest BCUT2D eigenvalue weighted by molar-refractivity contribution is 7.99. The summed E-state index contributed by atoms with van der Waals surface area (Å²) in [7, 11) is 1.44.